The molecule has 2 aliphatic heterocycles. The van der Waals surface area contributed by atoms with Gasteiger partial charge in [0.2, 0.25) is 6.10 Å². The Morgan fingerprint density at radius 2 is 1.80 bits per heavy atom. The van der Waals surface area contributed by atoms with Crippen LogP contribution in [0.15, 0.2) is 42.7 Å². The molecule has 0 radical (unpaired) electrons. The molecule has 2 aromatic rings. The third-order valence-corrected chi connectivity index (χ3v) is 4.35. The topological polar surface area (TPSA) is 73.8 Å². The molecule has 1 atom stereocenters. The van der Waals surface area contributed by atoms with E-state index in [4.69, 9.17) is 14.2 Å². The van der Waals surface area contributed by atoms with Crippen LogP contribution in [0.2, 0.25) is 0 Å². The second kappa shape index (κ2) is 6.96. The molecule has 1 fully saturated rings. The number of nitrogens with zero attached hydrogens (tertiary/aromatic N) is 3. The number of hydrogen-bond donors (Lipinski definition) is 0. The van der Waals surface area contributed by atoms with Crippen LogP contribution in [0.1, 0.15) is 12.8 Å². The fourth-order valence-corrected chi connectivity index (χ4v) is 3.03. The fourth-order valence-electron chi connectivity index (χ4n) is 3.03. The lowest BCUT2D eigenvalue weighted by Crippen LogP contribution is -2.50. The molecule has 1 unspecified atom stereocenters. The molecule has 1 saturated heterocycles. The zero-order chi connectivity index (χ0) is 17.1. The van der Waals surface area contributed by atoms with Gasteiger partial charge in [-0.05, 0) is 18.2 Å². The van der Waals surface area contributed by atoms with Crippen LogP contribution in [-0.4, -0.2) is 52.7 Å². The van der Waals surface area contributed by atoms with Crippen molar-refractivity contribution in [1.82, 2.24) is 14.9 Å². The van der Waals surface area contributed by atoms with Gasteiger partial charge in [-0.2, -0.15) is 0 Å². The van der Waals surface area contributed by atoms with Crippen LogP contribution in [-0.2, 0) is 4.79 Å². The Morgan fingerprint density at radius 3 is 2.56 bits per heavy atom. The molecule has 2 aliphatic rings. The number of likely N-dealkylation sites (tertiary alicyclic amines) is 1. The first-order chi connectivity index (χ1) is 12.3. The molecule has 3 heterocycles. The molecule has 0 bridgehead atoms. The third-order valence-electron chi connectivity index (χ3n) is 4.35. The Morgan fingerprint density at radius 1 is 1.08 bits per heavy atom. The second-order valence-corrected chi connectivity index (χ2v) is 6.04. The lowest BCUT2D eigenvalue weighted by atomic mass is 10.1. The van der Waals surface area contributed by atoms with Crippen LogP contribution in [0.4, 0.5) is 0 Å². The average Bonchev–Trinajstić information content (AvgIpc) is 2.68. The smallest absolute Gasteiger partial charge is 0.316 e. The van der Waals surface area contributed by atoms with E-state index in [0.717, 1.165) is 12.8 Å². The van der Waals surface area contributed by atoms with Crippen LogP contribution >= 0.6 is 0 Å². The zero-order valence-electron chi connectivity index (χ0n) is 13.7. The van der Waals surface area contributed by atoms with E-state index in [2.05, 4.69) is 9.97 Å². The summed E-state index contributed by atoms with van der Waals surface area (Å²) in [7, 11) is 0. The summed E-state index contributed by atoms with van der Waals surface area (Å²) >= 11 is 0. The van der Waals surface area contributed by atoms with Crippen molar-refractivity contribution in [3.8, 4) is 17.5 Å². The molecule has 0 saturated carbocycles. The Bertz CT molecular complexity index is 732. The average molecular weight is 341 g/mol. The van der Waals surface area contributed by atoms with E-state index in [1.807, 2.05) is 29.2 Å². The van der Waals surface area contributed by atoms with Crippen LogP contribution < -0.4 is 14.2 Å². The van der Waals surface area contributed by atoms with Gasteiger partial charge in [0.15, 0.2) is 11.5 Å². The van der Waals surface area contributed by atoms with Crippen molar-refractivity contribution in [1.29, 1.82) is 0 Å². The molecule has 1 aromatic heterocycles. The first kappa shape index (κ1) is 15.7. The van der Waals surface area contributed by atoms with E-state index in [0.29, 0.717) is 30.6 Å². The van der Waals surface area contributed by atoms with Crippen molar-refractivity contribution in [2.45, 2.75) is 25.0 Å². The molecule has 1 amide bonds. The molecular formula is C18H19N3O4. The van der Waals surface area contributed by atoms with Crippen LogP contribution in [0, 0.1) is 0 Å². The number of carbonyl (C=O) groups excluding carboxylic acids is 1. The maximum atomic E-state index is 12.7. The number of benzene rings is 1. The summed E-state index contributed by atoms with van der Waals surface area (Å²) in [6.07, 6.45) is 4.22. The molecular weight excluding hydrogens is 322 g/mol. The fraction of sp³-hybridized carbons (Fsp3) is 0.389. The Hall–Kier alpha value is -2.83. The highest BCUT2D eigenvalue weighted by Crippen LogP contribution is 2.31. The van der Waals surface area contributed by atoms with Gasteiger partial charge in [0.1, 0.15) is 12.7 Å². The number of para-hydroxylation sites is 2. The number of hydrogen-bond acceptors (Lipinski definition) is 6. The minimum atomic E-state index is -0.593. The molecule has 25 heavy (non-hydrogen) atoms. The van der Waals surface area contributed by atoms with Crippen LogP contribution in [0.5, 0.6) is 17.5 Å². The number of ether oxygens (including phenoxy) is 3. The second-order valence-electron chi connectivity index (χ2n) is 6.04. The maximum absolute atomic E-state index is 12.7. The predicted octanol–water partition coefficient (Wildman–Crippen LogP) is 1.69. The normalized spacial score (nSPS) is 20.2. The quantitative estimate of drug-likeness (QED) is 0.846. The Kier molecular flexibility index (Phi) is 4.37. The van der Waals surface area contributed by atoms with Gasteiger partial charge in [-0.1, -0.05) is 12.1 Å². The highest BCUT2D eigenvalue weighted by Gasteiger charge is 2.33. The van der Waals surface area contributed by atoms with Gasteiger partial charge in [-0.25, -0.2) is 9.97 Å². The summed E-state index contributed by atoms with van der Waals surface area (Å²) < 4.78 is 17.2. The van der Waals surface area contributed by atoms with Gasteiger partial charge in [0.25, 0.3) is 5.91 Å². The van der Waals surface area contributed by atoms with Crippen molar-refractivity contribution in [3.63, 3.8) is 0 Å². The van der Waals surface area contributed by atoms with Gasteiger partial charge in [0.05, 0.1) is 0 Å². The summed E-state index contributed by atoms with van der Waals surface area (Å²) in [5, 5.41) is 0. The molecule has 4 rings (SSSR count). The standard InChI is InChI=1S/C18H19N3O4/c22-17(16-12-23-14-4-1-2-5-15(14)25-16)21-10-6-13(7-11-21)24-18-19-8-3-9-20-18/h1-5,8-9,13,16H,6-7,10-12H2. The lowest BCUT2D eigenvalue weighted by molar-refractivity contribution is -0.143. The Labute approximate surface area is 145 Å². The molecule has 7 nitrogen and oxygen atoms in total. The SMILES string of the molecule is O=C(C1COc2ccccc2O1)N1CCC(Oc2ncccn2)CC1. The van der Waals surface area contributed by atoms with Gasteiger partial charge in [-0.3, -0.25) is 4.79 Å². The molecule has 0 aliphatic carbocycles. The molecule has 0 N–H and O–H groups in total. The highest BCUT2D eigenvalue weighted by molar-refractivity contribution is 5.82. The van der Waals surface area contributed by atoms with E-state index in [-0.39, 0.29) is 18.6 Å². The summed E-state index contributed by atoms with van der Waals surface area (Å²) in [5.74, 6) is 1.26. The molecule has 0 spiro atoms. The van der Waals surface area contributed by atoms with E-state index in [1.54, 1.807) is 18.5 Å². The summed E-state index contributed by atoms with van der Waals surface area (Å²) in [4.78, 5) is 22.6. The lowest BCUT2D eigenvalue weighted by Gasteiger charge is -2.35. The third kappa shape index (κ3) is 3.50. The van der Waals surface area contributed by atoms with Crippen molar-refractivity contribution in [2.24, 2.45) is 0 Å². The van der Waals surface area contributed by atoms with E-state index in [9.17, 15) is 4.79 Å². The molecule has 7 heteroatoms. The molecule has 1 aromatic carbocycles. The highest BCUT2D eigenvalue weighted by atomic mass is 16.6. The number of rotatable bonds is 3. The van der Waals surface area contributed by atoms with E-state index >= 15 is 0 Å². The number of fused-ring (bicyclic) bond motifs is 1. The minimum absolute atomic E-state index is 0.0238. The largest absolute Gasteiger partial charge is 0.485 e. The van der Waals surface area contributed by atoms with Gasteiger partial charge >= 0.3 is 6.01 Å². The van der Waals surface area contributed by atoms with Gasteiger partial charge in [0, 0.05) is 38.3 Å². The number of piperidine rings is 1. The van der Waals surface area contributed by atoms with E-state index < -0.39 is 6.10 Å². The minimum Gasteiger partial charge on any atom is -0.485 e. The molecule has 130 valence electrons. The summed E-state index contributed by atoms with van der Waals surface area (Å²) in [6, 6.07) is 9.53. The number of amides is 1. The summed E-state index contributed by atoms with van der Waals surface area (Å²) in [5.41, 5.74) is 0. The van der Waals surface area contributed by atoms with Crippen molar-refractivity contribution >= 4 is 5.91 Å². The maximum Gasteiger partial charge on any atom is 0.316 e. The summed E-state index contributed by atoms with van der Waals surface area (Å²) in [6.45, 7) is 1.49. The number of carbonyl (C=O) groups is 1. The number of aromatic nitrogens is 2. The van der Waals surface area contributed by atoms with Crippen molar-refractivity contribution < 1.29 is 19.0 Å². The van der Waals surface area contributed by atoms with Crippen molar-refractivity contribution in [3.05, 3.63) is 42.7 Å². The monoisotopic (exact) mass is 341 g/mol. The zero-order valence-corrected chi connectivity index (χ0v) is 13.7. The van der Waals surface area contributed by atoms with Gasteiger partial charge < -0.3 is 19.1 Å². The van der Waals surface area contributed by atoms with E-state index in [1.165, 1.54) is 0 Å². The predicted molar refractivity (Wildman–Crippen MR) is 88.6 cm³/mol. The van der Waals surface area contributed by atoms with Crippen molar-refractivity contribution in [2.75, 3.05) is 19.7 Å². The van der Waals surface area contributed by atoms with Crippen LogP contribution in [0.25, 0.3) is 0 Å². The van der Waals surface area contributed by atoms with Gasteiger partial charge in [-0.15, -0.1) is 0 Å². The Balaban J connectivity index is 1.31. The first-order valence-electron chi connectivity index (χ1n) is 8.40. The first-order valence-corrected chi connectivity index (χ1v) is 8.40. The van der Waals surface area contributed by atoms with Crippen LogP contribution in [0.3, 0.4) is 0 Å².